The van der Waals surface area contributed by atoms with Crippen LogP contribution in [0.3, 0.4) is 0 Å². The van der Waals surface area contributed by atoms with Gasteiger partial charge in [0.1, 0.15) is 11.5 Å². The number of likely N-dealkylation sites (N-methyl/N-ethyl adjacent to an activating group) is 1. The van der Waals surface area contributed by atoms with Crippen LogP contribution in [0.25, 0.3) is 0 Å². The van der Waals surface area contributed by atoms with Gasteiger partial charge in [-0.1, -0.05) is 57.4 Å². The van der Waals surface area contributed by atoms with Gasteiger partial charge < -0.3 is 15.2 Å². The molecular formula is C29H44N2O3. The molecule has 2 N–H and O–H groups in total. The molecule has 3 rings (SSSR count). The minimum atomic E-state index is -0.467. The van der Waals surface area contributed by atoms with Crippen LogP contribution < -0.4 is 10.1 Å². The molecule has 0 radical (unpaired) electrons. The minimum absolute atomic E-state index is 0.0327. The summed E-state index contributed by atoms with van der Waals surface area (Å²) in [4.78, 5) is 15.2. The topological polar surface area (TPSA) is 61.6 Å². The maximum atomic E-state index is 12.9. The number of allylic oxidation sites excluding steroid dienone is 3. The number of aromatic hydroxyl groups is 1. The Bertz CT molecular complexity index is 934. The van der Waals surface area contributed by atoms with Crippen molar-refractivity contribution in [1.82, 2.24) is 10.2 Å². The van der Waals surface area contributed by atoms with Crippen molar-refractivity contribution in [3.8, 4) is 11.5 Å². The molecule has 1 aliphatic carbocycles. The van der Waals surface area contributed by atoms with Gasteiger partial charge in [0.15, 0.2) is 0 Å². The average Bonchev–Trinajstić information content (AvgIpc) is 3.50. The van der Waals surface area contributed by atoms with E-state index in [-0.39, 0.29) is 23.0 Å². The Hall–Kier alpha value is -2.27. The average molecular weight is 469 g/mol. The molecular weight excluding hydrogens is 424 g/mol. The molecule has 1 fully saturated rings. The zero-order chi connectivity index (χ0) is 25.0. The molecule has 1 heterocycles. The molecule has 1 aromatic rings. The third-order valence-corrected chi connectivity index (χ3v) is 7.62. The number of benzene rings is 1. The maximum absolute atomic E-state index is 12.9. The van der Waals surface area contributed by atoms with Crippen LogP contribution in [0.15, 0.2) is 35.9 Å². The fourth-order valence-electron chi connectivity index (χ4n) is 5.34. The van der Waals surface area contributed by atoms with E-state index in [9.17, 15) is 9.90 Å². The molecule has 0 spiro atoms. The highest BCUT2D eigenvalue weighted by molar-refractivity contribution is 5.72. The number of carbonyl (C=O) groups is 1. The summed E-state index contributed by atoms with van der Waals surface area (Å²) >= 11 is 0. The first-order chi connectivity index (χ1) is 16.0. The molecule has 5 heteroatoms. The van der Waals surface area contributed by atoms with Gasteiger partial charge in [0.25, 0.3) is 0 Å². The van der Waals surface area contributed by atoms with Crippen LogP contribution in [-0.2, 0) is 6.42 Å². The summed E-state index contributed by atoms with van der Waals surface area (Å²) < 4.78 is 5.93. The summed E-state index contributed by atoms with van der Waals surface area (Å²) in [7, 11) is 2.10. The molecule has 0 bridgehead atoms. The van der Waals surface area contributed by atoms with Crippen LogP contribution in [-0.4, -0.2) is 42.3 Å². The number of unbranched alkanes of at least 4 members (excludes halogenated alkanes) is 2. The predicted molar refractivity (Wildman–Crippen MR) is 140 cm³/mol. The fraction of sp³-hybridized carbons (Fsp3) is 0.621. The zero-order valence-electron chi connectivity index (χ0n) is 22.0. The number of ether oxygens (including phenoxy) is 1. The lowest BCUT2D eigenvalue weighted by Crippen LogP contribution is -2.39. The molecule has 0 saturated carbocycles. The number of nitrogens with zero attached hydrogens (tertiary/aromatic N) is 1. The van der Waals surface area contributed by atoms with E-state index in [1.807, 2.05) is 19.1 Å². The second-order valence-corrected chi connectivity index (χ2v) is 11.2. The van der Waals surface area contributed by atoms with Gasteiger partial charge in [0, 0.05) is 30.6 Å². The van der Waals surface area contributed by atoms with E-state index in [1.165, 1.54) is 5.57 Å². The number of aryl methyl sites for hydroxylation is 1. The first-order valence-electron chi connectivity index (χ1n) is 12.9. The SMILES string of the molecule is C=C(C)[C@@H]1CCC(C)=C[C@H]1c1c(O)cc(CCCCC)cc1OC(=O)NCC(C)(C)C1CN1C. The number of amides is 1. The molecule has 1 aromatic carbocycles. The normalized spacial score (nSPS) is 24.4. The standard InChI is InChI=1S/C29H44N2O3/c1-8-9-10-11-21-15-24(32)27(23-14-20(4)12-13-22(23)19(2)3)25(16-21)34-28(33)30-18-29(5,6)26-17-31(26)7/h14-16,22-23,26,32H,2,8-13,17-18H2,1,3-7H3,(H,30,33)/t22-,23+,26?,31?/m0/s1. The summed E-state index contributed by atoms with van der Waals surface area (Å²) in [5.41, 5.74) is 4.05. The molecule has 1 amide bonds. The van der Waals surface area contributed by atoms with E-state index >= 15 is 0 Å². The van der Waals surface area contributed by atoms with Gasteiger partial charge in [0.05, 0.1) is 0 Å². The molecule has 4 atom stereocenters. The minimum Gasteiger partial charge on any atom is -0.507 e. The van der Waals surface area contributed by atoms with Crippen LogP contribution in [0.5, 0.6) is 11.5 Å². The summed E-state index contributed by atoms with van der Waals surface area (Å²) in [5.74, 6) is 0.817. The van der Waals surface area contributed by atoms with Gasteiger partial charge in [-0.2, -0.15) is 0 Å². The first kappa shape index (κ1) is 26.3. The highest BCUT2D eigenvalue weighted by atomic mass is 16.6. The summed E-state index contributed by atoms with van der Waals surface area (Å²) in [6.45, 7) is 16.5. The number of phenolic OH excluding ortho intramolecular Hbond substituents is 1. The fourth-order valence-corrected chi connectivity index (χ4v) is 5.34. The van der Waals surface area contributed by atoms with Crippen molar-refractivity contribution in [2.45, 2.75) is 85.1 Å². The van der Waals surface area contributed by atoms with E-state index in [0.717, 1.165) is 56.2 Å². The molecule has 2 aliphatic rings. The van der Waals surface area contributed by atoms with Crippen molar-refractivity contribution in [2.75, 3.05) is 20.1 Å². The van der Waals surface area contributed by atoms with Crippen LogP contribution in [0.2, 0.25) is 0 Å². The molecule has 188 valence electrons. The first-order valence-corrected chi connectivity index (χ1v) is 12.9. The summed E-state index contributed by atoms with van der Waals surface area (Å²) in [5, 5.41) is 14.1. The molecule has 34 heavy (non-hydrogen) atoms. The molecule has 1 saturated heterocycles. The van der Waals surface area contributed by atoms with Gasteiger partial charge in [0.2, 0.25) is 0 Å². The van der Waals surface area contributed by atoms with E-state index < -0.39 is 6.09 Å². The van der Waals surface area contributed by atoms with Crippen molar-refractivity contribution in [2.24, 2.45) is 11.3 Å². The molecule has 5 nitrogen and oxygen atoms in total. The Morgan fingerprint density at radius 3 is 2.65 bits per heavy atom. The Balaban J connectivity index is 1.88. The highest BCUT2D eigenvalue weighted by Crippen LogP contribution is 2.47. The molecule has 2 unspecified atom stereocenters. The van der Waals surface area contributed by atoms with Crippen molar-refractivity contribution >= 4 is 6.09 Å². The monoisotopic (exact) mass is 468 g/mol. The number of nitrogens with one attached hydrogen (secondary N) is 1. The van der Waals surface area contributed by atoms with Gasteiger partial charge in [-0.25, -0.2) is 4.79 Å². The quantitative estimate of drug-likeness (QED) is 0.232. The lowest BCUT2D eigenvalue weighted by Gasteiger charge is -2.32. The number of hydrogen-bond donors (Lipinski definition) is 2. The van der Waals surface area contributed by atoms with E-state index in [4.69, 9.17) is 4.74 Å². The second-order valence-electron chi connectivity index (χ2n) is 11.2. The number of carbonyl (C=O) groups excluding carboxylic acids is 1. The van der Waals surface area contributed by atoms with Crippen LogP contribution in [0.1, 0.15) is 83.8 Å². The maximum Gasteiger partial charge on any atom is 0.412 e. The van der Waals surface area contributed by atoms with Crippen LogP contribution in [0.4, 0.5) is 4.79 Å². The van der Waals surface area contributed by atoms with Gasteiger partial charge in [-0.05, 0) is 75.6 Å². The lowest BCUT2D eigenvalue weighted by molar-refractivity contribution is 0.191. The van der Waals surface area contributed by atoms with Gasteiger partial charge in [-0.15, -0.1) is 0 Å². The zero-order valence-corrected chi connectivity index (χ0v) is 22.0. The summed E-state index contributed by atoms with van der Waals surface area (Å²) in [6.07, 6.45) is 7.91. The Morgan fingerprint density at radius 1 is 1.32 bits per heavy atom. The second kappa shape index (κ2) is 11.0. The number of phenols is 1. The van der Waals surface area contributed by atoms with Crippen molar-refractivity contribution in [3.63, 3.8) is 0 Å². The Morgan fingerprint density at radius 2 is 2.03 bits per heavy atom. The Labute approximate surface area is 206 Å². The lowest BCUT2D eigenvalue weighted by atomic mass is 9.73. The largest absolute Gasteiger partial charge is 0.507 e. The van der Waals surface area contributed by atoms with Crippen molar-refractivity contribution in [3.05, 3.63) is 47.1 Å². The third kappa shape index (κ3) is 6.44. The number of hydrogen-bond acceptors (Lipinski definition) is 4. The van der Waals surface area contributed by atoms with E-state index in [0.29, 0.717) is 23.9 Å². The molecule has 0 aromatic heterocycles. The van der Waals surface area contributed by atoms with Gasteiger partial charge >= 0.3 is 6.09 Å². The Kier molecular flexibility index (Phi) is 8.51. The van der Waals surface area contributed by atoms with Crippen LogP contribution in [0, 0.1) is 11.3 Å². The number of rotatable bonds is 10. The van der Waals surface area contributed by atoms with Gasteiger partial charge in [-0.3, -0.25) is 4.90 Å². The van der Waals surface area contributed by atoms with E-state index in [1.54, 1.807) is 0 Å². The molecule has 1 aliphatic heterocycles. The third-order valence-electron chi connectivity index (χ3n) is 7.62. The predicted octanol–water partition coefficient (Wildman–Crippen LogP) is 6.57. The van der Waals surface area contributed by atoms with Crippen molar-refractivity contribution in [1.29, 1.82) is 0 Å². The highest BCUT2D eigenvalue weighted by Gasteiger charge is 2.43. The smallest absolute Gasteiger partial charge is 0.412 e. The van der Waals surface area contributed by atoms with E-state index in [2.05, 4.69) is 57.6 Å². The van der Waals surface area contributed by atoms with Crippen molar-refractivity contribution < 1.29 is 14.6 Å². The van der Waals surface area contributed by atoms with Crippen LogP contribution >= 0.6 is 0 Å². The summed E-state index contributed by atoms with van der Waals surface area (Å²) in [6, 6.07) is 4.29.